The van der Waals surface area contributed by atoms with Gasteiger partial charge in [0.1, 0.15) is 5.82 Å². The highest BCUT2D eigenvalue weighted by Gasteiger charge is 2.08. The Bertz CT molecular complexity index is 479. The maximum Gasteiger partial charge on any atom is 0.126 e. The van der Waals surface area contributed by atoms with Crippen LogP contribution in [-0.2, 0) is 0 Å². The third-order valence-corrected chi connectivity index (χ3v) is 3.61. The molecular formula is C14H14FNS. The first-order chi connectivity index (χ1) is 8.15. The van der Waals surface area contributed by atoms with Crippen molar-refractivity contribution in [1.29, 1.82) is 0 Å². The summed E-state index contributed by atoms with van der Waals surface area (Å²) in [5.41, 5.74) is 7.31. The first-order valence-electron chi connectivity index (χ1n) is 5.43. The highest BCUT2D eigenvalue weighted by molar-refractivity contribution is 7.99. The molecule has 0 radical (unpaired) electrons. The molecule has 0 aliphatic rings. The molecule has 0 aliphatic carbocycles. The monoisotopic (exact) mass is 247 g/mol. The van der Waals surface area contributed by atoms with E-state index in [0.717, 1.165) is 4.90 Å². The first-order valence-corrected chi connectivity index (χ1v) is 6.31. The third-order valence-electron chi connectivity index (χ3n) is 2.48. The van der Waals surface area contributed by atoms with Crippen LogP contribution in [0.5, 0.6) is 0 Å². The van der Waals surface area contributed by atoms with Crippen molar-refractivity contribution in [2.24, 2.45) is 0 Å². The minimum Gasteiger partial charge on any atom is -0.399 e. The third kappa shape index (κ3) is 3.24. The Morgan fingerprint density at radius 3 is 2.47 bits per heavy atom. The van der Waals surface area contributed by atoms with Crippen molar-refractivity contribution < 1.29 is 4.39 Å². The maximum absolute atomic E-state index is 13.2. The molecule has 2 N–H and O–H groups in total. The zero-order valence-electron chi connectivity index (χ0n) is 9.56. The fourth-order valence-electron chi connectivity index (χ4n) is 1.65. The average molecular weight is 247 g/mol. The lowest BCUT2D eigenvalue weighted by Gasteiger charge is -2.12. The lowest BCUT2D eigenvalue weighted by molar-refractivity contribution is 0.625. The normalized spacial score (nSPS) is 12.4. The fraction of sp³-hybridized carbons (Fsp3) is 0.143. The molecule has 0 spiro atoms. The summed E-state index contributed by atoms with van der Waals surface area (Å²) >= 11 is 1.60. The average Bonchev–Trinajstić information content (AvgIpc) is 2.28. The Labute approximate surface area is 105 Å². The molecule has 0 aromatic heterocycles. The predicted molar refractivity (Wildman–Crippen MR) is 71.5 cm³/mol. The molecule has 1 nitrogen and oxygen atoms in total. The second-order valence-corrected chi connectivity index (χ2v) is 5.31. The van der Waals surface area contributed by atoms with Crippen LogP contribution in [0.15, 0.2) is 53.4 Å². The van der Waals surface area contributed by atoms with E-state index in [1.54, 1.807) is 17.8 Å². The first kappa shape index (κ1) is 12.0. The Balaban J connectivity index is 2.16. The van der Waals surface area contributed by atoms with Crippen LogP contribution in [0.2, 0.25) is 0 Å². The number of rotatable bonds is 3. The van der Waals surface area contributed by atoms with Crippen LogP contribution >= 0.6 is 11.8 Å². The molecule has 0 aliphatic heterocycles. The van der Waals surface area contributed by atoms with E-state index in [1.165, 1.54) is 17.7 Å². The van der Waals surface area contributed by atoms with Crippen molar-refractivity contribution in [3.05, 3.63) is 59.9 Å². The highest BCUT2D eigenvalue weighted by Crippen LogP contribution is 2.35. The number of hydrogen-bond donors (Lipinski definition) is 1. The van der Waals surface area contributed by atoms with E-state index in [0.29, 0.717) is 5.69 Å². The van der Waals surface area contributed by atoms with Crippen molar-refractivity contribution in [2.75, 3.05) is 5.73 Å². The zero-order chi connectivity index (χ0) is 12.3. The van der Waals surface area contributed by atoms with Crippen LogP contribution in [-0.4, -0.2) is 0 Å². The van der Waals surface area contributed by atoms with E-state index >= 15 is 0 Å². The highest BCUT2D eigenvalue weighted by atomic mass is 32.2. The molecule has 0 bridgehead atoms. The van der Waals surface area contributed by atoms with E-state index in [2.05, 4.69) is 19.1 Å². The summed E-state index contributed by atoms with van der Waals surface area (Å²) in [6.07, 6.45) is 0. The molecular weight excluding hydrogens is 233 g/mol. The fourth-order valence-corrected chi connectivity index (χ4v) is 2.73. The topological polar surface area (TPSA) is 26.0 Å². The van der Waals surface area contributed by atoms with Gasteiger partial charge in [0.15, 0.2) is 0 Å². The lowest BCUT2D eigenvalue weighted by Crippen LogP contribution is -1.90. The van der Waals surface area contributed by atoms with E-state index in [1.807, 2.05) is 18.2 Å². The summed E-state index contributed by atoms with van der Waals surface area (Å²) in [6, 6.07) is 14.8. The van der Waals surface area contributed by atoms with Crippen molar-refractivity contribution >= 4 is 17.4 Å². The number of hydrogen-bond acceptors (Lipinski definition) is 2. The molecule has 0 fully saturated rings. The van der Waals surface area contributed by atoms with Gasteiger partial charge in [0, 0.05) is 15.8 Å². The zero-order valence-corrected chi connectivity index (χ0v) is 10.4. The Kier molecular flexibility index (Phi) is 3.69. The van der Waals surface area contributed by atoms with Crippen LogP contribution in [0.1, 0.15) is 17.7 Å². The van der Waals surface area contributed by atoms with E-state index in [-0.39, 0.29) is 11.1 Å². The molecule has 0 heterocycles. The van der Waals surface area contributed by atoms with Gasteiger partial charge in [-0.3, -0.25) is 0 Å². The largest absolute Gasteiger partial charge is 0.399 e. The van der Waals surface area contributed by atoms with Crippen molar-refractivity contribution in [1.82, 2.24) is 0 Å². The molecule has 1 unspecified atom stereocenters. The van der Waals surface area contributed by atoms with E-state index < -0.39 is 0 Å². The van der Waals surface area contributed by atoms with Gasteiger partial charge in [0.25, 0.3) is 0 Å². The minimum atomic E-state index is -0.284. The standard InChI is InChI=1S/C14H14FNS/c1-10(11-5-3-2-4-6-11)17-14-8-12(15)7-13(16)9-14/h2-10H,16H2,1H3. The second-order valence-electron chi connectivity index (χ2n) is 3.89. The minimum absolute atomic E-state index is 0.275. The number of anilines is 1. The molecule has 3 heteroatoms. The van der Waals surface area contributed by atoms with Crippen molar-refractivity contribution in [3.63, 3.8) is 0 Å². The molecule has 2 rings (SSSR count). The molecule has 2 aromatic carbocycles. The molecule has 2 aromatic rings. The molecule has 0 amide bonds. The number of thioether (sulfide) groups is 1. The van der Waals surface area contributed by atoms with Crippen molar-refractivity contribution in [3.8, 4) is 0 Å². The predicted octanol–water partition coefficient (Wildman–Crippen LogP) is 4.26. The molecule has 1 atom stereocenters. The Hall–Kier alpha value is -1.48. The SMILES string of the molecule is CC(Sc1cc(N)cc(F)c1)c1ccccc1. The van der Waals surface area contributed by atoms with Crippen LogP contribution in [0.4, 0.5) is 10.1 Å². The van der Waals surface area contributed by atoms with Gasteiger partial charge >= 0.3 is 0 Å². The van der Waals surface area contributed by atoms with Gasteiger partial charge in [-0.05, 0) is 30.7 Å². The molecule has 0 saturated heterocycles. The quantitative estimate of drug-likeness (QED) is 0.647. The van der Waals surface area contributed by atoms with E-state index in [9.17, 15) is 4.39 Å². The summed E-state index contributed by atoms with van der Waals surface area (Å²) in [7, 11) is 0. The van der Waals surface area contributed by atoms with Crippen LogP contribution in [0.3, 0.4) is 0 Å². The Morgan fingerprint density at radius 2 is 1.82 bits per heavy atom. The van der Waals surface area contributed by atoms with Gasteiger partial charge in [0.05, 0.1) is 0 Å². The molecule has 0 saturated carbocycles. The Morgan fingerprint density at radius 1 is 1.12 bits per heavy atom. The smallest absolute Gasteiger partial charge is 0.126 e. The van der Waals surface area contributed by atoms with Crippen LogP contribution in [0.25, 0.3) is 0 Å². The van der Waals surface area contributed by atoms with E-state index in [4.69, 9.17) is 5.73 Å². The summed E-state index contributed by atoms with van der Waals surface area (Å²) in [4.78, 5) is 0.860. The van der Waals surface area contributed by atoms with Crippen LogP contribution < -0.4 is 5.73 Å². The van der Waals surface area contributed by atoms with Gasteiger partial charge in [-0.25, -0.2) is 4.39 Å². The van der Waals surface area contributed by atoms with Gasteiger partial charge in [0.2, 0.25) is 0 Å². The summed E-state index contributed by atoms with van der Waals surface area (Å²) < 4.78 is 13.2. The lowest BCUT2D eigenvalue weighted by atomic mass is 10.2. The molecule has 88 valence electrons. The summed E-state index contributed by atoms with van der Waals surface area (Å²) in [5, 5.41) is 0.275. The van der Waals surface area contributed by atoms with Gasteiger partial charge in [-0.1, -0.05) is 30.3 Å². The molecule has 17 heavy (non-hydrogen) atoms. The number of nitrogen functional groups attached to an aromatic ring is 1. The maximum atomic E-state index is 13.2. The second kappa shape index (κ2) is 5.23. The van der Waals surface area contributed by atoms with Crippen LogP contribution in [0, 0.1) is 5.82 Å². The van der Waals surface area contributed by atoms with Gasteiger partial charge in [-0.2, -0.15) is 0 Å². The summed E-state index contributed by atoms with van der Waals surface area (Å²) in [6.45, 7) is 2.10. The van der Waals surface area contributed by atoms with Crippen molar-refractivity contribution in [2.45, 2.75) is 17.1 Å². The summed E-state index contributed by atoms with van der Waals surface area (Å²) in [5.74, 6) is -0.284. The van der Waals surface area contributed by atoms with Gasteiger partial charge in [-0.15, -0.1) is 11.8 Å². The number of nitrogens with two attached hydrogens (primary N) is 1. The number of halogens is 1. The van der Waals surface area contributed by atoms with Gasteiger partial charge < -0.3 is 5.73 Å². The number of benzene rings is 2.